The van der Waals surface area contributed by atoms with Gasteiger partial charge in [0.1, 0.15) is 0 Å². The lowest BCUT2D eigenvalue weighted by Gasteiger charge is -2.36. The maximum atomic E-state index is 4.63. The number of rotatable bonds is 4. The minimum absolute atomic E-state index is 0.334. The van der Waals surface area contributed by atoms with Crippen LogP contribution in [0.1, 0.15) is 17.3 Å². The number of nitrogens with one attached hydrogen (secondary N) is 1. The Morgan fingerprint density at radius 3 is 3.00 bits per heavy atom. The summed E-state index contributed by atoms with van der Waals surface area (Å²) in [6.07, 6.45) is 5.60. The molecule has 1 saturated heterocycles. The zero-order valence-electron chi connectivity index (χ0n) is 13.1. The molecule has 0 aliphatic carbocycles. The van der Waals surface area contributed by atoms with Crippen LogP contribution < -0.4 is 10.2 Å². The molecule has 0 bridgehead atoms. The third-order valence-corrected chi connectivity index (χ3v) is 3.89. The van der Waals surface area contributed by atoms with Gasteiger partial charge >= 0.3 is 0 Å². The van der Waals surface area contributed by atoms with E-state index in [2.05, 4.69) is 31.2 Å². The average molecular weight is 298 g/mol. The summed E-state index contributed by atoms with van der Waals surface area (Å²) < 4.78 is 0. The van der Waals surface area contributed by atoms with E-state index in [1.54, 1.807) is 0 Å². The van der Waals surface area contributed by atoms with Gasteiger partial charge in [0.15, 0.2) is 0 Å². The van der Waals surface area contributed by atoms with Crippen LogP contribution in [-0.2, 0) is 6.54 Å². The summed E-state index contributed by atoms with van der Waals surface area (Å²) in [5.41, 5.74) is 2.30. The zero-order valence-corrected chi connectivity index (χ0v) is 13.1. The number of nitrogens with zero attached hydrogens (tertiary/aromatic N) is 5. The molecule has 1 N–H and O–H groups in total. The first-order valence-electron chi connectivity index (χ1n) is 7.58. The van der Waals surface area contributed by atoms with Crippen molar-refractivity contribution in [1.29, 1.82) is 0 Å². The van der Waals surface area contributed by atoms with E-state index < -0.39 is 0 Å². The molecule has 6 nitrogen and oxygen atoms in total. The van der Waals surface area contributed by atoms with Gasteiger partial charge in [-0.2, -0.15) is 0 Å². The van der Waals surface area contributed by atoms with Crippen molar-refractivity contribution in [3.8, 4) is 0 Å². The number of hydrogen-bond acceptors (Lipinski definition) is 6. The highest BCUT2D eigenvalue weighted by Gasteiger charge is 2.24. The Morgan fingerprint density at radius 2 is 2.23 bits per heavy atom. The van der Waals surface area contributed by atoms with Crippen LogP contribution in [0.25, 0.3) is 0 Å². The highest BCUT2D eigenvalue weighted by molar-refractivity contribution is 5.27. The van der Waals surface area contributed by atoms with Gasteiger partial charge in [-0.15, -0.1) is 0 Å². The summed E-state index contributed by atoms with van der Waals surface area (Å²) in [6, 6.07) is 6.47. The van der Waals surface area contributed by atoms with Crippen molar-refractivity contribution < 1.29 is 0 Å². The summed E-state index contributed by atoms with van der Waals surface area (Å²) in [4.78, 5) is 17.6. The Kier molecular flexibility index (Phi) is 4.60. The number of pyridine rings is 1. The van der Waals surface area contributed by atoms with Crippen LogP contribution in [0, 0.1) is 0 Å². The van der Waals surface area contributed by atoms with Crippen LogP contribution in [0.4, 0.5) is 5.95 Å². The van der Waals surface area contributed by atoms with Gasteiger partial charge in [0, 0.05) is 64.9 Å². The van der Waals surface area contributed by atoms with Crippen molar-refractivity contribution in [2.24, 2.45) is 0 Å². The van der Waals surface area contributed by atoms with Gasteiger partial charge in [0.05, 0.1) is 5.69 Å². The Bertz CT molecular complexity index is 601. The lowest BCUT2D eigenvalue weighted by atomic mass is 10.1. The van der Waals surface area contributed by atoms with Crippen LogP contribution in [-0.4, -0.2) is 53.6 Å². The molecule has 0 radical (unpaired) electrons. The Labute approximate surface area is 131 Å². The molecule has 0 aromatic carbocycles. The van der Waals surface area contributed by atoms with Crippen molar-refractivity contribution in [3.63, 3.8) is 0 Å². The molecule has 3 rings (SSSR count). The van der Waals surface area contributed by atoms with E-state index in [-0.39, 0.29) is 0 Å². The van der Waals surface area contributed by atoms with Gasteiger partial charge < -0.3 is 10.2 Å². The van der Waals surface area contributed by atoms with Gasteiger partial charge in [-0.25, -0.2) is 9.97 Å². The fourth-order valence-corrected chi connectivity index (χ4v) is 2.73. The number of piperazine rings is 1. The molecule has 1 atom stereocenters. The molecular weight excluding hydrogens is 276 g/mol. The maximum absolute atomic E-state index is 4.63. The quantitative estimate of drug-likeness (QED) is 0.912. The van der Waals surface area contributed by atoms with E-state index in [0.29, 0.717) is 6.04 Å². The monoisotopic (exact) mass is 298 g/mol. The molecule has 3 heterocycles. The molecule has 1 fully saturated rings. The Balaban J connectivity index is 1.78. The van der Waals surface area contributed by atoms with Crippen LogP contribution in [0.5, 0.6) is 0 Å². The highest BCUT2D eigenvalue weighted by Crippen LogP contribution is 2.23. The third kappa shape index (κ3) is 3.40. The Hall–Kier alpha value is -2.05. The SMILES string of the molecule is CN(C)c1nccc(CN2CCNCC2c2cccnc2)n1. The second kappa shape index (κ2) is 6.81. The lowest BCUT2D eigenvalue weighted by molar-refractivity contribution is 0.151. The summed E-state index contributed by atoms with van der Waals surface area (Å²) in [5, 5.41) is 3.47. The van der Waals surface area contributed by atoms with Crippen molar-refractivity contribution in [2.45, 2.75) is 12.6 Å². The fourth-order valence-electron chi connectivity index (χ4n) is 2.73. The van der Waals surface area contributed by atoms with Gasteiger partial charge in [0.25, 0.3) is 0 Å². The third-order valence-electron chi connectivity index (χ3n) is 3.89. The molecule has 2 aromatic rings. The van der Waals surface area contributed by atoms with Crippen molar-refractivity contribution >= 4 is 5.95 Å². The number of anilines is 1. The van der Waals surface area contributed by atoms with Gasteiger partial charge in [-0.05, 0) is 17.7 Å². The molecule has 0 amide bonds. The molecule has 22 heavy (non-hydrogen) atoms. The van der Waals surface area contributed by atoms with E-state index in [1.807, 2.05) is 49.7 Å². The van der Waals surface area contributed by atoms with E-state index in [0.717, 1.165) is 37.8 Å². The molecule has 116 valence electrons. The molecule has 0 spiro atoms. The maximum Gasteiger partial charge on any atom is 0.225 e. The van der Waals surface area contributed by atoms with E-state index in [9.17, 15) is 0 Å². The summed E-state index contributed by atoms with van der Waals surface area (Å²) in [7, 11) is 3.92. The van der Waals surface area contributed by atoms with E-state index in [1.165, 1.54) is 5.56 Å². The molecule has 0 saturated carbocycles. The predicted octanol–water partition coefficient (Wildman–Crippen LogP) is 1.08. The lowest BCUT2D eigenvalue weighted by Crippen LogP contribution is -2.45. The molecule has 1 aliphatic heterocycles. The summed E-state index contributed by atoms with van der Waals surface area (Å²) >= 11 is 0. The smallest absolute Gasteiger partial charge is 0.225 e. The second-order valence-corrected chi connectivity index (χ2v) is 5.72. The van der Waals surface area contributed by atoms with Crippen LogP contribution in [0.2, 0.25) is 0 Å². The highest BCUT2D eigenvalue weighted by atomic mass is 15.2. The Morgan fingerprint density at radius 1 is 1.32 bits per heavy atom. The second-order valence-electron chi connectivity index (χ2n) is 5.72. The summed E-state index contributed by atoms with van der Waals surface area (Å²) in [5.74, 6) is 0.755. The standard InChI is InChI=1S/C16H22N6/c1-21(2)16-19-7-5-14(20-16)12-22-9-8-18-11-15(22)13-4-3-6-17-10-13/h3-7,10,15,18H,8-9,11-12H2,1-2H3. The number of aromatic nitrogens is 3. The molecule has 1 unspecified atom stereocenters. The molecule has 2 aromatic heterocycles. The molecule has 6 heteroatoms. The molecule has 1 aliphatic rings. The first kappa shape index (κ1) is 14.9. The van der Waals surface area contributed by atoms with Gasteiger partial charge in [-0.3, -0.25) is 9.88 Å². The number of hydrogen-bond donors (Lipinski definition) is 1. The first-order valence-corrected chi connectivity index (χ1v) is 7.58. The fraction of sp³-hybridized carbons (Fsp3) is 0.438. The van der Waals surface area contributed by atoms with Gasteiger partial charge in [-0.1, -0.05) is 6.07 Å². The van der Waals surface area contributed by atoms with E-state index >= 15 is 0 Å². The van der Waals surface area contributed by atoms with E-state index in [4.69, 9.17) is 0 Å². The minimum Gasteiger partial charge on any atom is -0.347 e. The average Bonchev–Trinajstić information content (AvgIpc) is 2.56. The first-order chi connectivity index (χ1) is 10.7. The van der Waals surface area contributed by atoms with Crippen molar-refractivity contribution in [2.75, 3.05) is 38.6 Å². The van der Waals surface area contributed by atoms with Crippen molar-refractivity contribution in [1.82, 2.24) is 25.2 Å². The normalized spacial score (nSPS) is 19.1. The largest absolute Gasteiger partial charge is 0.347 e. The van der Waals surface area contributed by atoms with Crippen LogP contribution in [0.3, 0.4) is 0 Å². The van der Waals surface area contributed by atoms with Crippen LogP contribution >= 0.6 is 0 Å². The zero-order chi connectivity index (χ0) is 15.4. The predicted molar refractivity (Wildman–Crippen MR) is 86.6 cm³/mol. The topological polar surface area (TPSA) is 57.2 Å². The summed E-state index contributed by atoms with van der Waals surface area (Å²) in [6.45, 7) is 3.77. The van der Waals surface area contributed by atoms with Gasteiger partial charge in [0.2, 0.25) is 5.95 Å². The molecular formula is C16H22N6. The van der Waals surface area contributed by atoms with Crippen molar-refractivity contribution in [3.05, 3.63) is 48.0 Å². The van der Waals surface area contributed by atoms with Crippen LogP contribution in [0.15, 0.2) is 36.8 Å². The minimum atomic E-state index is 0.334.